The van der Waals surface area contributed by atoms with Crippen LogP contribution >= 0.6 is 0 Å². The van der Waals surface area contributed by atoms with Gasteiger partial charge in [0.1, 0.15) is 17.0 Å². The lowest BCUT2D eigenvalue weighted by Gasteiger charge is -2.26. The van der Waals surface area contributed by atoms with Gasteiger partial charge >= 0.3 is 0 Å². The van der Waals surface area contributed by atoms with Gasteiger partial charge in [0.15, 0.2) is 0 Å². The highest BCUT2D eigenvalue weighted by atomic mass is 16.5. The van der Waals surface area contributed by atoms with Crippen LogP contribution in [-0.2, 0) is 11.8 Å². The first kappa shape index (κ1) is 14.9. The van der Waals surface area contributed by atoms with Crippen LogP contribution in [0.5, 0.6) is 0 Å². The smallest absolute Gasteiger partial charge is 0.270 e. The highest BCUT2D eigenvalue weighted by Crippen LogP contribution is 2.17. The fourth-order valence-electron chi connectivity index (χ4n) is 3.11. The van der Waals surface area contributed by atoms with Crippen molar-refractivity contribution in [3.8, 4) is 0 Å². The van der Waals surface area contributed by atoms with Crippen molar-refractivity contribution in [2.45, 2.75) is 6.92 Å². The van der Waals surface area contributed by atoms with Gasteiger partial charge in [0.05, 0.1) is 18.6 Å². The number of pyridine rings is 1. The number of hydrogen-bond donors (Lipinski definition) is 0. The zero-order chi connectivity index (χ0) is 16.8. The number of carbonyl (C=O) groups is 1. The largest absolute Gasteiger partial charge is 0.378 e. The van der Waals surface area contributed by atoms with Crippen LogP contribution in [0.1, 0.15) is 16.1 Å². The molecule has 0 bridgehead atoms. The van der Waals surface area contributed by atoms with E-state index < -0.39 is 0 Å². The number of morpholine rings is 1. The third kappa shape index (κ3) is 2.20. The van der Waals surface area contributed by atoms with Crippen LogP contribution < -0.4 is 5.56 Å². The molecule has 1 saturated heterocycles. The van der Waals surface area contributed by atoms with E-state index in [1.165, 1.54) is 4.40 Å². The van der Waals surface area contributed by atoms with Crippen LogP contribution in [0.25, 0.3) is 16.7 Å². The SMILES string of the molecule is Cc1ccc2nc3c(cc(C(=O)N4CCOCC4)n3C)c(=O)n2c1. The predicted molar refractivity (Wildman–Crippen MR) is 89.4 cm³/mol. The Morgan fingerprint density at radius 3 is 2.75 bits per heavy atom. The standard InChI is InChI=1S/C17H18N4O3/c1-11-3-4-14-18-15-12(16(22)21(14)10-11)9-13(19(15)2)17(23)20-5-7-24-8-6-20/h3-4,9-10H,5-8H2,1-2H3. The lowest BCUT2D eigenvalue weighted by atomic mass is 10.3. The molecule has 0 aliphatic carbocycles. The Balaban J connectivity index is 1.90. The molecule has 7 heteroatoms. The molecule has 1 fully saturated rings. The molecule has 0 unspecified atom stereocenters. The van der Waals surface area contributed by atoms with Gasteiger partial charge in [0, 0.05) is 26.3 Å². The van der Waals surface area contributed by atoms with Crippen LogP contribution in [0, 0.1) is 6.92 Å². The molecule has 24 heavy (non-hydrogen) atoms. The summed E-state index contributed by atoms with van der Waals surface area (Å²) in [5, 5.41) is 0.456. The maximum absolute atomic E-state index is 12.8. The van der Waals surface area contributed by atoms with Crippen LogP contribution in [-0.4, -0.2) is 51.1 Å². The second kappa shape index (κ2) is 5.45. The van der Waals surface area contributed by atoms with Crippen LogP contribution in [0.15, 0.2) is 29.2 Å². The van der Waals surface area contributed by atoms with E-state index in [1.807, 2.05) is 19.1 Å². The molecule has 7 nitrogen and oxygen atoms in total. The monoisotopic (exact) mass is 326 g/mol. The van der Waals surface area contributed by atoms with E-state index in [0.29, 0.717) is 48.7 Å². The van der Waals surface area contributed by atoms with Gasteiger partial charge in [-0.15, -0.1) is 0 Å². The van der Waals surface area contributed by atoms with Gasteiger partial charge in [-0.25, -0.2) is 4.98 Å². The molecule has 0 radical (unpaired) electrons. The van der Waals surface area contributed by atoms with Crippen LogP contribution in [0.3, 0.4) is 0 Å². The Labute approximate surface area is 138 Å². The molecule has 3 aromatic rings. The first-order chi connectivity index (χ1) is 11.6. The Bertz CT molecular complexity index is 1010. The van der Waals surface area contributed by atoms with Crippen LogP contribution in [0.2, 0.25) is 0 Å². The molecule has 0 spiro atoms. The van der Waals surface area contributed by atoms with E-state index in [0.717, 1.165) is 5.56 Å². The van der Waals surface area contributed by atoms with Gasteiger partial charge in [0.2, 0.25) is 0 Å². The highest BCUT2D eigenvalue weighted by molar-refractivity contribution is 5.98. The number of rotatable bonds is 1. The first-order valence-electron chi connectivity index (χ1n) is 7.92. The second-order valence-corrected chi connectivity index (χ2v) is 6.08. The third-order valence-corrected chi connectivity index (χ3v) is 4.46. The summed E-state index contributed by atoms with van der Waals surface area (Å²) in [6.07, 6.45) is 1.76. The van der Waals surface area contributed by atoms with Gasteiger partial charge in [-0.05, 0) is 24.6 Å². The maximum Gasteiger partial charge on any atom is 0.270 e. The van der Waals surface area contributed by atoms with E-state index in [1.54, 1.807) is 28.8 Å². The number of ether oxygens (including phenoxy) is 1. The number of aryl methyl sites for hydroxylation is 2. The van der Waals surface area contributed by atoms with Gasteiger partial charge in [0.25, 0.3) is 11.5 Å². The summed E-state index contributed by atoms with van der Waals surface area (Å²) >= 11 is 0. The summed E-state index contributed by atoms with van der Waals surface area (Å²) in [6.45, 7) is 4.13. The summed E-state index contributed by atoms with van der Waals surface area (Å²) < 4.78 is 8.52. The summed E-state index contributed by atoms with van der Waals surface area (Å²) in [7, 11) is 1.77. The molecule has 1 aliphatic rings. The number of carbonyl (C=O) groups excluding carboxylic acids is 1. The summed E-state index contributed by atoms with van der Waals surface area (Å²) in [4.78, 5) is 31.8. The fraction of sp³-hybridized carbons (Fsp3) is 0.353. The molecule has 3 aromatic heterocycles. The van der Waals surface area contributed by atoms with E-state index in [4.69, 9.17) is 4.74 Å². The average Bonchev–Trinajstić information content (AvgIpc) is 2.93. The third-order valence-electron chi connectivity index (χ3n) is 4.46. The van der Waals surface area contributed by atoms with Gasteiger partial charge in [-0.2, -0.15) is 0 Å². The zero-order valence-corrected chi connectivity index (χ0v) is 13.7. The van der Waals surface area contributed by atoms with Crippen molar-refractivity contribution < 1.29 is 9.53 Å². The zero-order valence-electron chi connectivity index (χ0n) is 13.7. The van der Waals surface area contributed by atoms with E-state index in [-0.39, 0.29) is 11.5 Å². The number of fused-ring (bicyclic) bond motifs is 2. The molecular formula is C17H18N4O3. The molecule has 1 amide bonds. The highest BCUT2D eigenvalue weighted by Gasteiger charge is 2.23. The number of amides is 1. The predicted octanol–water partition coefficient (Wildman–Crippen LogP) is 0.967. The minimum absolute atomic E-state index is 0.0940. The molecule has 4 heterocycles. The molecule has 0 aromatic carbocycles. The molecule has 0 atom stereocenters. The molecule has 124 valence electrons. The summed E-state index contributed by atoms with van der Waals surface area (Å²) in [6, 6.07) is 5.38. The van der Waals surface area contributed by atoms with Crippen molar-refractivity contribution in [1.82, 2.24) is 18.9 Å². The topological polar surface area (TPSA) is 68.8 Å². The molecular weight excluding hydrogens is 308 g/mol. The van der Waals surface area contributed by atoms with Crippen LogP contribution in [0.4, 0.5) is 0 Å². The van der Waals surface area contributed by atoms with E-state index in [9.17, 15) is 9.59 Å². The Morgan fingerprint density at radius 1 is 1.25 bits per heavy atom. The number of nitrogens with zero attached hydrogens (tertiary/aromatic N) is 4. The van der Waals surface area contributed by atoms with Crippen molar-refractivity contribution in [2.24, 2.45) is 7.05 Å². The average molecular weight is 326 g/mol. The van der Waals surface area contributed by atoms with Gasteiger partial charge in [-0.3, -0.25) is 14.0 Å². The quantitative estimate of drug-likeness (QED) is 0.668. The minimum Gasteiger partial charge on any atom is -0.378 e. The normalized spacial score (nSPS) is 15.3. The van der Waals surface area contributed by atoms with Crippen molar-refractivity contribution >= 4 is 22.6 Å². The number of hydrogen-bond acceptors (Lipinski definition) is 4. The lowest BCUT2D eigenvalue weighted by Crippen LogP contribution is -2.41. The van der Waals surface area contributed by atoms with Gasteiger partial charge < -0.3 is 14.2 Å². The lowest BCUT2D eigenvalue weighted by molar-refractivity contribution is 0.0297. The summed E-state index contributed by atoms with van der Waals surface area (Å²) in [5.41, 5.74) is 2.40. The molecule has 0 N–H and O–H groups in total. The Morgan fingerprint density at radius 2 is 2.00 bits per heavy atom. The second-order valence-electron chi connectivity index (χ2n) is 6.08. The first-order valence-corrected chi connectivity index (χ1v) is 7.92. The van der Waals surface area contributed by atoms with Crippen molar-refractivity contribution in [3.63, 3.8) is 0 Å². The van der Waals surface area contributed by atoms with E-state index >= 15 is 0 Å². The number of aromatic nitrogens is 3. The summed E-state index contributed by atoms with van der Waals surface area (Å²) in [5.74, 6) is -0.0940. The minimum atomic E-state index is -0.157. The fourth-order valence-corrected chi connectivity index (χ4v) is 3.11. The van der Waals surface area contributed by atoms with E-state index in [2.05, 4.69) is 4.98 Å². The maximum atomic E-state index is 12.8. The Hall–Kier alpha value is -2.67. The van der Waals surface area contributed by atoms with Crippen molar-refractivity contribution in [2.75, 3.05) is 26.3 Å². The molecule has 0 saturated carbocycles. The molecule has 4 rings (SSSR count). The van der Waals surface area contributed by atoms with Crippen molar-refractivity contribution in [1.29, 1.82) is 0 Å². The Kier molecular flexibility index (Phi) is 3.38. The van der Waals surface area contributed by atoms with Gasteiger partial charge in [-0.1, -0.05) is 6.07 Å². The van der Waals surface area contributed by atoms with Crippen molar-refractivity contribution in [3.05, 3.63) is 46.0 Å². The molecule has 1 aliphatic heterocycles.